The van der Waals surface area contributed by atoms with E-state index in [1.807, 2.05) is 0 Å². The number of halogens is 1. The molecule has 0 aliphatic carbocycles. The summed E-state index contributed by atoms with van der Waals surface area (Å²) in [6.07, 6.45) is 0.654. The maximum absolute atomic E-state index is 10.5. The standard InChI is InChI=1S/C8H6BrNO3/c1-5-2-6(4-11)3-7(9)8(5)10(12)13/h2-4H,1H3. The Morgan fingerprint density at radius 1 is 1.54 bits per heavy atom. The van der Waals surface area contributed by atoms with Crippen molar-refractivity contribution in [3.63, 3.8) is 0 Å². The lowest BCUT2D eigenvalue weighted by Gasteiger charge is -2.00. The minimum Gasteiger partial charge on any atom is -0.298 e. The van der Waals surface area contributed by atoms with Crippen LogP contribution in [0.25, 0.3) is 0 Å². The molecular formula is C8H6BrNO3. The summed E-state index contributed by atoms with van der Waals surface area (Å²) in [5, 5.41) is 10.5. The van der Waals surface area contributed by atoms with Crippen LogP contribution >= 0.6 is 15.9 Å². The van der Waals surface area contributed by atoms with Gasteiger partial charge in [0.15, 0.2) is 0 Å². The molecule has 5 heteroatoms. The van der Waals surface area contributed by atoms with Crippen molar-refractivity contribution in [3.8, 4) is 0 Å². The fourth-order valence-corrected chi connectivity index (χ4v) is 1.78. The van der Waals surface area contributed by atoms with Gasteiger partial charge in [0, 0.05) is 11.1 Å². The summed E-state index contributed by atoms with van der Waals surface area (Å²) in [7, 11) is 0. The van der Waals surface area contributed by atoms with Crippen molar-refractivity contribution in [2.24, 2.45) is 0 Å². The highest BCUT2D eigenvalue weighted by Crippen LogP contribution is 2.29. The first-order valence-electron chi connectivity index (χ1n) is 3.46. The van der Waals surface area contributed by atoms with Crippen molar-refractivity contribution in [2.45, 2.75) is 6.92 Å². The fourth-order valence-electron chi connectivity index (χ4n) is 1.06. The molecule has 1 aromatic carbocycles. The van der Waals surface area contributed by atoms with Crippen LogP contribution in [0.1, 0.15) is 15.9 Å². The minimum atomic E-state index is -0.478. The fraction of sp³-hybridized carbons (Fsp3) is 0.125. The van der Waals surface area contributed by atoms with Gasteiger partial charge in [0.2, 0.25) is 0 Å². The number of hydrogen-bond acceptors (Lipinski definition) is 3. The smallest absolute Gasteiger partial charge is 0.286 e. The summed E-state index contributed by atoms with van der Waals surface area (Å²) in [5.41, 5.74) is 0.905. The number of rotatable bonds is 2. The molecule has 0 saturated carbocycles. The molecule has 0 N–H and O–H groups in total. The molecule has 0 radical (unpaired) electrons. The van der Waals surface area contributed by atoms with Gasteiger partial charge in [-0.1, -0.05) is 0 Å². The quantitative estimate of drug-likeness (QED) is 0.456. The number of nitro benzene ring substituents is 1. The van der Waals surface area contributed by atoms with E-state index < -0.39 is 4.92 Å². The number of nitrogens with zero attached hydrogens (tertiary/aromatic N) is 1. The Balaban J connectivity index is 3.39. The second kappa shape index (κ2) is 3.66. The molecule has 0 aliphatic rings. The summed E-state index contributed by atoms with van der Waals surface area (Å²) in [6.45, 7) is 1.59. The SMILES string of the molecule is Cc1cc(C=O)cc(Br)c1[N+](=O)[O-]. The van der Waals surface area contributed by atoms with Gasteiger partial charge in [-0.2, -0.15) is 0 Å². The van der Waals surface area contributed by atoms with E-state index in [1.54, 1.807) is 6.92 Å². The van der Waals surface area contributed by atoms with E-state index in [2.05, 4.69) is 15.9 Å². The molecule has 0 amide bonds. The first-order chi connectivity index (χ1) is 6.06. The van der Waals surface area contributed by atoms with E-state index in [-0.39, 0.29) is 5.69 Å². The Bertz CT molecular complexity index is 353. The third-order valence-electron chi connectivity index (χ3n) is 1.59. The Morgan fingerprint density at radius 3 is 2.54 bits per heavy atom. The van der Waals surface area contributed by atoms with Crippen molar-refractivity contribution < 1.29 is 9.72 Å². The van der Waals surface area contributed by atoms with Gasteiger partial charge < -0.3 is 0 Å². The van der Waals surface area contributed by atoms with Crippen LogP contribution in [-0.2, 0) is 0 Å². The van der Waals surface area contributed by atoms with Crippen LogP contribution in [0.3, 0.4) is 0 Å². The van der Waals surface area contributed by atoms with Gasteiger partial charge in [0.05, 0.1) is 9.40 Å². The Labute approximate surface area is 82.8 Å². The van der Waals surface area contributed by atoms with Gasteiger partial charge >= 0.3 is 0 Å². The zero-order valence-corrected chi connectivity index (χ0v) is 8.37. The molecule has 0 fully saturated rings. The van der Waals surface area contributed by atoms with Crippen LogP contribution in [0.4, 0.5) is 5.69 Å². The molecule has 0 atom stereocenters. The molecule has 0 bridgehead atoms. The van der Waals surface area contributed by atoms with E-state index in [4.69, 9.17) is 0 Å². The first-order valence-corrected chi connectivity index (χ1v) is 4.25. The number of aryl methyl sites for hydroxylation is 1. The maximum atomic E-state index is 10.5. The van der Waals surface area contributed by atoms with Crippen LogP contribution in [-0.4, -0.2) is 11.2 Å². The summed E-state index contributed by atoms with van der Waals surface area (Å²) < 4.78 is 0.333. The third-order valence-corrected chi connectivity index (χ3v) is 2.20. The van der Waals surface area contributed by atoms with E-state index >= 15 is 0 Å². The number of carbonyl (C=O) groups excluding carboxylic acids is 1. The number of nitro groups is 1. The molecule has 0 spiro atoms. The van der Waals surface area contributed by atoms with Crippen molar-refractivity contribution >= 4 is 27.9 Å². The largest absolute Gasteiger partial charge is 0.298 e. The molecule has 0 heterocycles. The third kappa shape index (κ3) is 1.92. The number of benzene rings is 1. The summed E-state index contributed by atoms with van der Waals surface area (Å²) in [5.74, 6) is 0. The van der Waals surface area contributed by atoms with Gasteiger partial charge in [-0.15, -0.1) is 0 Å². The van der Waals surface area contributed by atoms with Crippen LogP contribution in [0, 0.1) is 17.0 Å². The molecule has 0 aromatic heterocycles. The van der Waals surface area contributed by atoms with Crippen molar-refractivity contribution in [3.05, 3.63) is 37.8 Å². The molecule has 4 nitrogen and oxygen atoms in total. The van der Waals surface area contributed by atoms with Crippen molar-refractivity contribution in [1.82, 2.24) is 0 Å². The van der Waals surface area contributed by atoms with Gasteiger partial charge in [0.25, 0.3) is 5.69 Å². The second-order valence-corrected chi connectivity index (χ2v) is 3.40. The lowest BCUT2D eigenvalue weighted by molar-refractivity contribution is -0.386. The van der Waals surface area contributed by atoms with Crippen LogP contribution in [0.5, 0.6) is 0 Å². The predicted molar refractivity (Wildman–Crippen MR) is 50.9 cm³/mol. The van der Waals surface area contributed by atoms with Gasteiger partial charge in [-0.3, -0.25) is 14.9 Å². The predicted octanol–water partition coefficient (Wildman–Crippen LogP) is 2.48. The first kappa shape index (κ1) is 9.85. The highest BCUT2D eigenvalue weighted by atomic mass is 79.9. The van der Waals surface area contributed by atoms with Crippen LogP contribution in [0.2, 0.25) is 0 Å². The van der Waals surface area contributed by atoms with Crippen LogP contribution < -0.4 is 0 Å². The highest BCUT2D eigenvalue weighted by Gasteiger charge is 2.16. The maximum Gasteiger partial charge on any atom is 0.286 e. The molecular weight excluding hydrogens is 238 g/mol. The second-order valence-electron chi connectivity index (χ2n) is 2.54. The van der Waals surface area contributed by atoms with Gasteiger partial charge in [-0.25, -0.2) is 0 Å². The summed E-state index contributed by atoms with van der Waals surface area (Å²) in [4.78, 5) is 20.5. The minimum absolute atomic E-state index is 0.00519. The highest BCUT2D eigenvalue weighted by molar-refractivity contribution is 9.10. The van der Waals surface area contributed by atoms with E-state index in [0.717, 1.165) is 0 Å². The van der Waals surface area contributed by atoms with Gasteiger partial charge in [-0.05, 0) is 35.0 Å². The average molecular weight is 244 g/mol. The lowest BCUT2D eigenvalue weighted by Crippen LogP contribution is -1.94. The molecule has 13 heavy (non-hydrogen) atoms. The molecule has 1 aromatic rings. The average Bonchev–Trinajstić information content (AvgIpc) is 2.02. The van der Waals surface area contributed by atoms with Crippen molar-refractivity contribution in [1.29, 1.82) is 0 Å². The molecule has 68 valence electrons. The molecule has 0 aliphatic heterocycles. The zero-order valence-electron chi connectivity index (χ0n) is 6.78. The Hall–Kier alpha value is -1.23. The molecule has 0 unspecified atom stereocenters. The Kier molecular flexibility index (Phi) is 2.77. The monoisotopic (exact) mass is 243 g/mol. The lowest BCUT2D eigenvalue weighted by atomic mass is 10.1. The Morgan fingerprint density at radius 2 is 2.15 bits per heavy atom. The topological polar surface area (TPSA) is 60.2 Å². The van der Waals surface area contributed by atoms with E-state index in [0.29, 0.717) is 21.9 Å². The number of hydrogen-bond donors (Lipinski definition) is 0. The molecule has 0 saturated heterocycles. The zero-order chi connectivity index (χ0) is 10.0. The number of carbonyl (C=O) groups is 1. The van der Waals surface area contributed by atoms with Gasteiger partial charge in [0.1, 0.15) is 6.29 Å². The van der Waals surface area contributed by atoms with E-state index in [1.165, 1.54) is 12.1 Å². The van der Waals surface area contributed by atoms with Crippen molar-refractivity contribution in [2.75, 3.05) is 0 Å². The summed E-state index contributed by atoms with van der Waals surface area (Å²) in [6, 6.07) is 2.91. The summed E-state index contributed by atoms with van der Waals surface area (Å²) >= 11 is 3.04. The molecule has 1 rings (SSSR count). The normalized spacial score (nSPS) is 9.69. The number of aldehydes is 1. The van der Waals surface area contributed by atoms with Crippen LogP contribution in [0.15, 0.2) is 16.6 Å². The van der Waals surface area contributed by atoms with E-state index in [9.17, 15) is 14.9 Å².